The van der Waals surface area contributed by atoms with Crippen LogP contribution < -0.4 is 9.47 Å². The molecule has 0 fully saturated rings. The first-order valence-corrected chi connectivity index (χ1v) is 8.48. The van der Waals surface area contributed by atoms with Gasteiger partial charge in [0.25, 0.3) is 10.9 Å². The topological polar surface area (TPSA) is 122 Å². The van der Waals surface area contributed by atoms with E-state index in [1.807, 2.05) is 0 Å². The summed E-state index contributed by atoms with van der Waals surface area (Å²) in [7, 11) is -3.64. The monoisotopic (exact) mass is 336 g/mol. The number of ether oxygens (including phenoxy) is 1. The zero-order valence-corrected chi connectivity index (χ0v) is 13.1. The lowest BCUT2D eigenvalue weighted by atomic mass is 10.3. The van der Waals surface area contributed by atoms with Crippen molar-refractivity contribution in [1.82, 2.24) is 15.0 Å². The van der Waals surface area contributed by atoms with E-state index in [4.69, 9.17) is 9.15 Å². The molecule has 0 saturated heterocycles. The highest BCUT2D eigenvalue weighted by Crippen LogP contribution is 2.28. The second-order valence-electron chi connectivity index (χ2n) is 4.64. The fraction of sp³-hybridized carbons (Fsp3) is 0.231. The average Bonchev–Trinajstić information content (AvgIpc) is 2.91. The maximum atomic E-state index is 11.7. The van der Waals surface area contributed by atoms with Gasteiger partial charge in [-0.2, -0.15) is 14.7 Å². The standard InChI is InChI=1S/C13H12N4O5S/c1-3-21-11-9-12(16-13(15-11)23(2,19)20)22-10(14-9)8-5-4-6-17(18)7-8/h4-7H,3H2,1-2H3. The molecule has 23 heavy (non-hydrogen) atoms. The summed E-state index contributed by atoms with van der Waals surface area (Å²) in [5.74, 6) is 0.130. The fourth-order valence-corrected chi connectivity index (χ4v) is 2.38. The minimum absolute atomic E-state index is 0.0128. The first-order chi connectivity index (χ1) is 10.9. The van der Waals surface area contributed by atoms with Gasteiger partial charge in [-0.1, -0.05) is 0 Å². The molecule has 0 aromatic carbocycles. The van der Waals surface area contributed by atoms with Crippen LogP contribution in [0.2, 0.25) is 0 Å². The Kier molecular flexibility index (Phi) is 3.60. The molecule has 3 rings (SSSR count). The first-order valence-electron chi connectivity index (χ1n) is 6.59. The lowest BCUT2D eigenvalue weighted by Crippen LogP contribution is -2.23. The highest BCUT2D eigenvalue weighted by Gasteiger charge is 2.22. The van der Waals surface area contributed by atoms with E-state index in [-0.39, 0.29) is 29.6 Å². The van der Waals surface area contributed by atoms with E-state index in [0.29, 0.717) is 10.3 Å². The predicted octanol–water partition coefficient (Wildman–Crippen LogP) is 0.720. The third kappa shape index (κ3) is 2.93. The van der Waals surface area contributed by atoms with Crippen LogP contribution in [0.25, 0.3) is 22.7 Å². The Labute approximate surface area is 131 Å². The molecule has 9 nitrogen and oxygen atoms in total. The third-order valence-electron chi connectivity index (χ3n) is 2.84. The normalized spacial score (nSPS) is 11.7. The van der Waals surface area contributed by atoms with Crippen LogP contribution in [0, 0.1) is 5.21 Å². The van der Waals surface area contributed by atoms with E-state index in [1.54, 1.807) is 13.0 Å². The predicted molar refractivity (Wildman–Crippen MR) is 78.3 cm³/mol. The van der Waals surface area contributed by atoms with Crippen molar-refractivity contribution in [2.45, 2.75) is 12.1 Å². The van der Waals surface area contributed by atoms with Gasteiger partial charge in [0.2, 0.25) is 21.6 Å². The van der Waals surface area contributed by atoms with E-state index >= 15 is 0 Å². The van der Waals surface area contributed by atoms with Gasteiger partial charge in [-0.25, -0.2) is 13.4 Å². The van der Waals surface area contributed by atoms with Gasteiger partial charge in [-0.3, -0.25) is 0 Å². The molecule has 0 aliphatic rings. The highest BCUT2D eigenvalue weighted by atomic mass is 32.2. The van der Waals surface area contributed by atoms with Crippen molar-refractivity contribution >= 4 is 21.1 Å². The number of pyridine rings is 1. The number of sulfone groups is 1. The molecule has 0 spiro atoms. The van der Waals surface area contributed by atoms with Crippen molar-refractivity contribution in [3.05, 3.63) is 29.7 Å². The van der Waals surface area contributed by atoms with Crippen molar-refractivity contribution in [1.29, 1.82) is 0 Å². The van der Waals surface area contributed by atoms with Crippen molar-refractivity contribution in [2.24, 2.45) is 0 Å². The Morgan fingerprint density at radius 2 is 2.13 bits per heavy atom. The summed E-state index contributed by atoms with van der Waals surface area (Å²) in [6.07, 6.45) is 3.58. The molecule has 0 bridgehead atoms. The first kappa shape index (κ1) is 15.2. The zero-order chi connectivity index (χ0) is 16.6. The molecule has 3 heterocycles. The van der Waals surface area contributed by atoms with Gasteiger partial charge in [0, 0.05) is 12.3 Å². The Bertz CT molecular complexity index is 983. The molecule has 3 aromatic heterocycles. The van der Waals surface area contributed by atoms with Crippen molar-refractivity contribution < 1.29 is 22.3 Å². The van der Waals surface area contributed by atoms with Gasteiger partial charge < -0.3 is 14.4 Å². The Morgan fingerprint density at radius 3 is 2.78 bits per heavy atom. The smallest absolute Gasteiger partial charge is 0.255 e. The molecule has 0 aliphatic carbocycles. The molecular formula is C13H12N4O5S. The van der Waals surface area contributed by atoms with Gasteiger partial charge >= 0.3 is 0 Å². The molecule has 120 valence electrons. The summed E-state index contributed by atoms with van der Waals surface area (Å²) < 4.78 is 34.7. The highest BCUT2D eigenvalue weighted by molar-refractivity contribution is 7.90. The number of aromatic nitrogens is 4. The molecule has 0 radical (unpaired) electrons. The Balaban J connectivity index is 2.23. The molecular weight excluding hydrogens is 324 g/mol. The Hall–Kier alpha value is -2.75. The second-order valence-corrected chi connectivity index (χ2v) is 6.55. The van der Waals surface area contributed by atoms with Crippen LogP contribution in [0.5, 0.6) is 5.88 Å². The van der Waals surface area contributed by atoms with Crippen LogP contribution in [0.3, 0.4) is 0 Å². The summed E-state index contributed by atoms with van der Waals surface area (Å²) in [5.41, 5.74) is 0.583. The number of hydrogen-bond acceptors (Lipinski definition) is 8. The van der Waals surface area contributed by atoms with Crippen molar-refractivity contribution in [2.75, 3.05) is 12.9 Å². The molecule has 3 aromatic rings. The van der Waals surface area contributed by atoms with Crippen molar-refractivity contribution in [3.63, 3.8) is 0 Å². The largest absolute Gasteiger partial charge is 0.619 e. The van der Waals surface area contributed by atoms with Crippen LogP contribution in [-0.2, 0) is 9.84 Å². The number of hydrogen-bond donors (Lipinski definition) is 0. The fourth-order valence-electron chi connectivity index (χ4n) is 1.89. The van der Waals surface area contributed by atoms with Gasteiger partial charge in [0.1, 0.15) is 5.56 Å². The molecule has 0 N–H and O–H groups in total. The van der Waals surface area contributed by atoms with Gasteiger partial charge in [0.05, 0.1) is 6.61 Å². The maximum absolute atomic E-state index is 11.7. The summed E-state index contributed by atoms with van der Waals surface area (Å²) in [6.45, 7) is 2.00. The van der Waals surface area contributed by atoms with E-state index < -0.39 is 15.0 Å². The van der Waals surface area contributed by atoms with E-state index in [0.717, 1.165) is 6.26 Å². The minimum atomic E-state index is -3.64. The lowest BCUT2D eigenvalue weighted by Gasteiger charge is -2.03. The number of nitrogens with zero attached hydrogens (tertiary/aromatic N) is 4. The molecule has 0 saturated carbocycles. The van der Waals surface area contributed by atoms with Gasteiger partial charge in [-0.15, -0.1) is 0 Å². The molecule has 0 amide bonds. The van der Waals surface area contributed by atoms with Crippen molar-refractivity contribution in [3.8, 4) is 17.3 Å². The molecule has 0 aliphatic heterocycles. The Morgan fingerprint density at radius 1 is 1.35 bits per heavy atom. The lowest BCUT2D eigenvalue weighted by molar-refractivity contribution is -0.604. The van der Waals surface area contributed by atoms with Crippen LogP contribution in [0.4, 0.5) is 0 Å². The quantitative estimate of drug-likeness (QED) is 0.388. The molecule has 0 atom stereocenters. The minimum Gasteiger partial charge on any atom is -0.619 e. The van der Waals surface area contributed by atoms with Gasteiger partial charge in [0.15, 0.2) is 17.9 Å². The number of fused-ring (bicyclic) bond motifs is 1. The van der Waals surface area contributed by atoms with E-state index in [9.17, 15) is 13.6 Å². The number of rotatable bonds is 4. The summed E-state index contributed by atoms with van der Waals surface area (Å²) in [4.78, 5) is 11.9. The summed E-state index contributed by atoms with van der Waals surface area (Å²) in [5, 5.41) is 10.9. The van der Waals surface area contributed by atoms with E-state index in [2.05, 4.69) is 15.0 Å². The SMILES string of the molecule is CCOc1nc(S(C)(=O)=O)nc2oc(-c3ccc[n+]([O-])c3)nc12. The average molecular weight is 336 g/mol. The van der Waals surface area contributed by atoms with Crippen LogP contribution in [-0.4, -0.2) is 36.2 Å². The van der Waals surface area contributed by atoms with Crippen LogP contribution >= 0.6 is 0 Å². The van der Waals surface area contributed by atoms with E-state index in [1.165, 1.54) is 18.5 Å². The third-order valence-corrected chi connectivity index (χ3v) is 3.69. The van der Waals surface area contributed by atoms with Crippen LogP contribution in [0.15, 0.2) is 34.1 Å². The molecule has 10 heteroatoms. The van der Waals surface area contributed by atoms with Crippen LogP contribution in [0.1, 0.15) is 6.92 Å². The summed E-state index contributed by atoms with van der Waals surface area (Å²) in [6, 6.07) is 3.17. The molecule has 0 unspecified atom stereocenters. The second kappa shape index (κ2) is 5.47. The maximum Gasteiger partial charge on any atom is 0.255 e. The van der Waals surface area contributed by atoms with Gasteiger partial charge in [-0.05, 0) is 13.0 Å². The zero-order valence-electron chi connectivity index (χ0n) is 12.3. The summed E-state index contributed by atoms with van der Waals surface area (Å²) >= 11 is 0. The number of oxazole rings is 1.